The SMILES string of the molecule is [B]c1ccc(-c2ccc(C(O)CCCCCO)cc2)cc1. The van der Waals surface area contributed by atoms with E-state index in [0.717, 1.165) is 47.8 Å². The van der Waals surface area contributed by atoms with Crippen molar-refractivity contribution < 1.29 is 10.2 Å². The van der Waals surface area contributed by atoms with Crippen LogP contribution in [0.5, 0.6) is 0 Å². The number of benzene rings is 2. The summed E-state index contributed by atoms with van der Waals surface area (Å²) in [7, 11) is 5.69. The summed E-state index contributed by atoms with van der Waals surface area (Å²) in [6, 6.07) is 15.8. The van der Waals surface area contributed by atoms with E-state index in [1.807, 2.05) is 48.5 Å². The fourth-order valence-electron chi connectivity index (χ4n) is 2.37. The lowest BCUT2D eigenvalue weighted by molar-refractivity contribution is 0.162. The second-order valence-corrected chi connectivity index (χ2v) is 5.33. The average molecular weight is 280 g/mol. The summed E-state index contributed by atoms with van der Waals surface area (Å²) in [5, 5.41) is 18.9. The van der Waals surface area contributed by atoms with E-state index >= 15 is 0 Å². The van der Waals surface area contributed by atoms with Gasteiger partial charge in [-0.15, -0.1) is 0 Å². The molecule has 0 heterocycles. The Hall–Kier alpha value is -1.58. The molecule has 0 aliphatic rings. The molecule has 3 heteroatoms. The number of hydrogen-bond acceptors (Lipinski definition) is 2. The van der Waals surface area contributed by atoms with Gasteiger partial charge in [0.15, 0.2) is 0 Å². The highest BCUT2D eigenvalue weighted by Gasteiger charge is 2.07. The van der Waals surface area contributed by atoms with Gasteiger partial charge < -0.3 is 10.2 Å². The van der Waals surface area contributed by atoms with Crippen molar-refractivity contribution in [3.8, 4) is 11.1 Å². The Labute approximate surface area is 127 Å². The summed E-state index contributed by atoms with van der Waals surface area (Å²) in [5.41, 5.74) is 3.94. The first-order valence-corrected chi connectivity index (χ1v) is 7.45. The van der Waals surface area contributed by atoms with E-state index < -0.39 is 6.10 Å². The topological polar surface area (TPSA) is 40.5 Å². The van der Waals surface area contributed by atoms with E-state index in [0.29, 0.717) is 0 Å². The summed E-state index contributed by atoms with van der Waals surface area (Å²) in [5.74, 6) is 0. The monoisotopic (exact) mass is 280 g/mol. The number of aliphatic hydroxyl groups excluding tert-OH is 2. The van der Waals surface area contributed by atoms with Gasteiger partial charge in [0.25, 0.3) is 0 Å². The Kier molecular flexibility index (Phi) is 6.03. The van der Waals surface area contributed by atoms with E-state index in [9.17, 15) is 5.11 Å². The molecule has 2 N–H and O–H groups in total. The van der Waals surface area contributed by atoms with E-state index in [1.165, 1.54) is 0 Å². The second kappa shape index (κ2) is 8.01. The van der Waals surface area contributed by atoms with Crippen LogP contribution in [-0.2, 0) is 0 Å². The number of unbranched alkanes of at least 4 members (excludes halogenated alkanes) is 2. The second-order valence-electron chi connectivity index (χ2n) is 5.33. The van der Waals surface area contributed by atoms with Crippen molar-refractivity contribution in [2.24, 2.45) is 0 Å². The smallest absolute Gasteiger partial charge is 0.113 e. The lowest BCUT2D eigenvalue weighted by Crippen LogP contribution is -1.99. The summed E-state index contributed by atoms with van der Waals surface area (Å²) < 4.78 is 0. The molecular weight excluding hydrogens is 259 g/mol. The zero-order chi connectivity index (χ0) is 15.1. The highest BCUT2D eigenvalue weighted by atomic mass is 16.3. The van der Waals surface area contributed by atoms with Gasteiger partial charge in [0.2, 0.25) is 0 Å². The molecular formula is C18H21BO2. The molecule has 21 heavy (non-hydrogen) atoms. The summed E-state index contributed by atoms with van der Waals surface area (Å²) in [4.78, 5) is 0. The van der Waals surface area contributed by atoms with Gasteiger partial charge in [-0.25, -0.2) is 0 Å². The summed E-state index contributed by atoms with van der Waals surface area (Å²) >= 11 is 0. The van der Waals surface area contributed by atoms with E-state index in [4.69, 9.17) is 13.0 Å². The van der Waals surface area contributed by atoms with Crippen LogP contribution in [0.4, 0.5) is 0 Å². The molecule has 108 valence electrons. The maximum absolute atomic E-state index is 10.1. The fraction of sp³-hybridized carbons (Fsp3) is 0.333. The van der Waals surface area contributed by atoms with Crippen molar-refractivity contribution in [2.75, 3.05) is 6.61 Å². The Morgan fingerprint density at radius 1 is 0.810 bits per heavy atom. The number of rotatable bonds is 7. The minimum atomic E-state index is -0.427. The molecule has 2 rings (SSSR count). The van der Waals surface area contributed by atoms with Crippen molar-refractivity contribution in [3.05, 3.63) is 54.1 Å². The van der Waals surface area contributed by atoms with Crippen LogP contribution in [0, 0.1) is 0 Å². The first kappa shape index (κ1) is 15.8. The van der Waals surface area contributed by atoms with Crippen molar-refractivity contribution in [3.63, 3.8) is 0 Å². The molecule has 1 atom stereocenters. The first-order valence-electron chi connectivity index (χ1n) is 7.45. The third-order valence-corrected chi connectivity index (χ3v) is 3.68. The standard InChI is InChI=1S/C18H21BO2/c19-17-11-9-15(10-12-17)14-5-7-16(8-6-14)18(21)4-2-1-3-13-20/h5-12,18,20-21H,1-4,13H2. The van der Waals surface area contributed by atoms with Crippen LogP contribution in [-0.4, -0.2) is 24.7 Å². The predicted molar refractivity (Wildman–Crippen MR) is 87.8 cm³/mol. The zero-order valence-electron chi connectivity index (χ0n) is 12.2. The van der Waals surface area contributed by atoms with Crippen LogP contribution in [0.15, 0.2) is 48.5 Å². The Balaban J connectivity index is 1.96. The van der Waals surface area contributed by atoms with Gasteiger partial charge in [0.1, 0.15) is 7.85 Å². The zero-order valence-corrected chi connectivity index (χ0v) is 12.2. The maximum Gasteiger partial charge on any atom is 0.113 e. The van der Waals surface area contributed by atoms with Gasteiger partial charge in [-0.05, 0) is 29.5 Å². The van der Waals surface area contributed by atoms with Gasteiger partial charge >= 0.3 is 0 Å². The average Bonchev–Trinajstić information content (AvgIpc) is 2.52. The van der Waals surface area contributed by atoms with Gasteiger partial charge in [0, 0.05) is 6.61 Å². The highest BCUT2D eigenvalue weighted by molar-refractivity contribution is 6.32. The molecule has 0 aromatic heterocycles. The molecule has 0 amide bonds. The minimum Gasteiger partial charge on any atom is -0.396 e. The largest absolute Gasteiger partial charge is 0.396 e. The molecule has 0 spiro atoms. The van der Waals surface area contributed by atoms with Crippen molar-refractivity contribution in [1.82, 2.24) is 0 Å². The lowest BCUT2D eigenvalue weighted by atomic mass is 9.93. The molecule has 2 nitrogen and oxygen atoms in total. The summed E-state index contributed by atoms with van der Waals surface area (Å²) in [6.45, 7) is 0.229. The van der Waals surface area contributed by atoms with E-state index in [2.05, 4.69) is 0 Å². The molecule has 0 saturated carbocycles. The molecule has 1 unspecified atom stereocenters. The molecule has 0 aliphatic carbocycles. The van der Waals surface area contributed by atoms with Crippen LogP contribution < -0.4 is 5.46 Å². The van der Waals surface area contributed by atoms with Gasteiger partial charge in [-0.2, -0.15) is 0 Å². The molecule has 2 aromatic carbocycles. The predicted octanol–water partition coefficient (Wildman–Crippen LogP) is 2.73. The molecule has 2 radical (unpaired) electrons. The van der Waals surface area contributed by atoms with E-state index in [1.54, 1.807) is 0 Å². The highest BCUT2D eigenvalue weighted by Crippen LogP contribution is 2.24. The lowest BCUT2D eigenvalue weighted by Gasteiger charge is -2.11. The van der Waals surface area contributed by atoms with Crippen molar-refractivity contribution in [1.29, 1.82) is 0 Å². The fourth-order valence-corrected chi connectivity index (χ4v) is 2.37. The number of aliphatic hydroxyl groups is 2. The Bertz CT molecular complexity index is 534. The van der Waals surface area contributed by atoms with Crippen molar-refractivity contribution in [2.45, 2.75) is 31.8 Å². The van der Waals surface area contributed by atoms with Gasteiger partial charge in [0.05, 0.1) is 6.10 Å². The third kappa shape index (κ3) is 4.73. The normalized spacial score (nSPS) is 12.3. The quantitative estimate of drug-likeness (QED) is 0.604. The van der Waals surface area contributed by atoms with Crippen LogP contribution in [0.2, 0.25) is 0 Å². The molecule has 0 aliphatic heterocycles. The minimum absolute atomic E-state index is 0.229. The molecule has 0 saturated heterocycles. The van der Waals surface area contributed by atoms with Crippen LogP contribution in [0.25, 0.3) is 11.1 Å². The first-order chi connectivity index (χ1) is 10.2. The Morgan fingerprint density at radius 2 is 1.38 bits per heavy atom. The van der Waals surface area contributed by atoms with Crippen LogP contribution >= 0.6 is 0 Å². The maximum atomic E-state index is 10.1. The van der Waals surface area contributed by atoms with Gasteiger partial charge in [-0.3, -0.25) is 0 Å². The van der Waals surface area contributed by atoms with Crippen LogP contribution in [0.3, 0.4) is 0 Å². The summed E-state index contributed by atoms with van der Waals surface area (Å²) in [6.07, 6.45) is 3.01. The molecule has 2 aromatic rings. The van der Waals surface area contributed by atoms with Gasteiger partial charge in [-0.1, -0.05) is 66.8 Å². The van der Waals surface area contributed by atoms with Crippen molar-refractivity contribution >= 4 is 13.3 Å². The molecule has 0 bridgehead atoms. The van der Waals surface area contributed by atoms with E-state index in [-0.39, 0.29) is 6.61 Å². The number of hydrogen-bond donors (Lipinski definition) is 2. The molecule has 0 fully saturated rings. The van der Waals surface area contributed by atoms with Crippen LogP contribution in [0.1, 0.15) is 37.4 Å². The third-order valence-electron chi connectivity index (χ3n) is 3.68. The Morgan fingerprint density at radius 3 is 1.95 bits per heavy atom.